The van der Waals surface area contributed by atoms with Gasteiger partial charge in [0.15, 0.2) is 0 Å². The summed E-state index contributed by atoms with van der Waals surface area (Å²) in [5.74, 6) is 0.977. The van der Waals surface area contributed by atoms with E-state index in [1.807, 2.05) is 13.1 Å². The molecule has 130 valence electrons. The zero-order chi connectivity index (χ0) is 17.2. The van der Waals surface area contributed by atoms with E-state index in [-0.39, 0.29) is 0 Å². The number of ether oxygens (including phenoxy) is 1. The zero-order valence-electron chi connectivity index (χ0n) is 14.9. The first-order valence-electron chi connectivity index (χ1n) is 9.19. The highest BCUT2D eigenvalue weighted by atomic mass is 16.5. The molecule has 0 unspecified atom stereocenters. The van der Waals surface area contributed by atoms with Gasteiger partial charge < -0.3 is 15.0 Å². The molecule has 4 nitrogen and oxygen atoms in total. The molecule has 1 aromatic carbocycles. The number of benzene rings is 1. The van der Waals surface area contributed by atoms with Crippen molar-refractivity contribution in [3.05, 3.63) is 47.8 Å². The van der Waals surface area contributed by atoms with Crippen LogP contribution in [0.5, 0.6) is 5.75 Å². The Morgan fingerprint density at radius 3 is 2.76 bits per heavy atom. The van der Waals surface area contributed by atoms with Crippen molar-refractivity contribution in [2.24, 2.45) is 0 Å². The molecule has 0 bridgehead atoms. The average Bonchev–Trinajstić information content (AvgIpc) is 3.00. The average molecular weight is 335 g/mol. The molecular formula is C21H25N3O. The number of hydrogen-bond acceptors (Lipinski definition) is 3. The first kappa shape index (κ1) is 16.2. The van der Waals surface area contributed by atoms with E-state index in [1.165, 1.54) is 27.7 Å². The van der Waals surface area contributed by atoms with Crippen LogP contribution in [-0.4, -0.2) is 29.2 Å². The predicted octanol–water partition coefficient (Wildman–Crippen LogP) is 4.23. The Labute approximate surface area is 148 Å². The maximum atomic E-state index is 6.23. The van der Waals surface area contributed by atoms with E-state index < -0.39 is 0 Å². The highest BCUT2D eigenvalue weighted by Gasteiger charge is 2.16. The number of rotatable bonds is 4. The van der Waals surface area contributed by atoms with Crippen LogP contribution in [0.4, 0.5) is 0 Å². The maximum absolute atomic E-state index is 6.23. The maximum Gasteiger partial charge on any atom is 0.120 e. The highest BCUT2D eigenvalue weighted by Crippen LogP contribution is 2.33. The topological polar surface area (TPSA) is 49.9 Å². The molecule has 0 saturated carbocycles. The van der Waals surface area contributed by atoms with Crippen molar-refractivity contribution in [3.63, 3.8) is 0 Å². The third-order valence-electron chi connectivity index (χ3n) is 5.01. The molecule has 25 heavy (non-hydrogen) atoms. The Balaban J connectivity index is 1.71. The van der Waals surface area contributed by atoms with E-state index in [2.05, 4.69) is 52.5 Å². The Morgan fingerprint density at radius 2 is 2.00 bits per heavy atom. The van der Waals surface area contributed by atoms with E-state index in [9.17, 15) is 0 Å². The largest absolute Gasteiger partial charge is 0.490 e. The van der Waals surface area contributed by atoms with E-state index >= 15 is 0 Å². The van der Waals surface area contributed by atoms with Gasteiger partial charge in [-0.2, -0.15) is 0 Å². The van der Waals surface area contributed by atoms with Gasteiger partial charge in [-0.05, 0) is 75.2 Å². The second kappa shape index (κ2) is 6.89. The molecule has 4 rings (SSSR count). The standard InChI is InChI=1S/C21H25N3O/c1-3-18-19-13-17(25-16-7-9-22-10-8-16)4-5-20(19)24-21(18)15-6-11-23-14(2)12-15/h4-6,11-13,16,22,24H,3,7-10H2,1-2H3. The molecule has 3 aromatic rings. The summed E-state index contributed by atoms with van der Waals surface area (Å²) in [5, 5.41) is 4.65. The van der Waals surface area contributed by atoms with Crippen LogP contribution in [0.15, 0.2) is 36.5 Å². The minimum absolute atomic E-state index is 0.324. The molecule has 1 saturated heterocycles. The number of pyridine rings is 1. The lowest BCUT2D eigenvalue weighted by Crippen LogP contribution is -2.34. The number of aryl methyl sites for hydroxylation is 2. The van der Waals surface area contributed by atoms with Crippen LogP contribution in [0.3, 0.4) is 0 Å². The van der Waals surface area contributed by atoms with Crippen LogP contribution in [0.1, 0.15) is 31.0 Å². The van der Waals surface area contributed by atoms with Gasteiger partial charge in [0.25, 0.3) is 0 Å². The Kier molecular flexibility index (Phi) is 4.45. The number of nitrogens with one attached hydrogen (secondary N) is 2. The molecule has 1 fully saturated rings. The van der Waals surface area contributed by atoms with E-state index in [4.69, 9.17) is 4.74 Å². The lowest BCUT2D eigenvalue weighted by Gasteiger charge is -2.23. The first-order chi connectivity index (χ1) is 12.2. The number of aromatic amines is 1. The number of piperidine rings is 1. The molecule has 0 aliphatic carbocycles. The second-order valence-electron chi connectivity index (χ2n) is 6.79. The van der Waals surface area contributed by atoms with E-state index in [1.54, 1.807) is 0 Å². The Morgan fingerprint density at radius 1 is 1.16 bits per heavy atom. The normalized spacial score (nSPS) is 15.6. The van der Waals surface area contributed by atoms with Crippen molar-refractivity contribution in [3.8, 4) is 17.0 Å². The fraction of sp³-hybridized carbons (Fsp3) is 0.381. The summed E-state index contributed by atoms with van der Waals surface area (Å²) < 4.78 is 6.23. The van der Waals surface area contributed by atoms with E-state index in [0.29, 0.717) is 6.10 Å². The van der Waals surface area contributed by atoms with Crippen molar-refractivity contribution in [1.82, 2.24) is 15.3 Å². The summed E-state index contributed by atoms with van der Waals surface area (Å²) in [6.45, 7) is 6.33. The molecule has 2 aromatic heterocycles. The van der Waals surface area contributed by atoms with Crippen LogP contribution >= 0.6 is 0 Å². The van der Waals surface area contributed by atoms with Crippen molar-refractivity contribution in [2.45, 2.75) is 39.2 Å². The molecule has 0 atom stereocenters. The third-order valence-corrected chi connectivity index (χ3v) is 5.01. The predicted molar refractivity (Wildman–Crippen MR) is 102 cm³/mol. The third kappa shape index (κ3) is 3.27. The highest BCUT2D eigenvalue weighted by molar-refractivity contribution is 5.91. The number of hydrogen-bond donors (Lipinski definition) is 2. The van der Waals surface area contributed by atoms with Gasteiger partial charge in [-0.15, -0.1) is 0 Å². The quantitative estimate of drug-likeness (QED) is 0.750. The lowest BCUT2D eigenvalue weighted by molar-refractivity contribution is 0.162. The molecule has 1 aliphatic rings. The smallest absolute Gasteiger partial charge is 0.120 e. The fourth-order valence-electron chi connectivity index (χ4n) is 3.72. The number of aromatic nitrogens is 2. The summed E-state index contributed by atoms with van der Waals surface area (Å²) in [5.41, 5.74) is 5.94. The molecule has 3 heterocycles. The van der Waals surface area contributed by atoms with Gasteiger partial charge in [0.2, 0.25) is 0 Å². The summed E-state index contributed by atoms with van der Waals surface area (Å²) >= 11 is 0. The first-order valence-corrected chi connectivity index (χ1v) is 9.19. The zero-order valence-corrected chi connectivity index (χ0v) is 14.9. The minimum Gasteiger partial charge on any atom is -0.490 e. The molecule has 0 spiro atoms. The number of nitrogens with zero attached hydrogens (tertiary/aromatic N) is 1. The van der Waals surface area contributed by atoms with Gasteiger partial charge in [-0.25, -0.2) is 0 Å². The van der Waals surface area contributed by atoms with Gasteiger partial charge in [0.1, 0.15) is 11.9 Å². The Hall–Kier alpha value is -2.33. The van der Waals surface area contributed by atoms with Crippen LogP contribution in [0, 0.1) is 6.92 Å². The van der Waals surface area contributed by atoms with Gasteiger partial charge in [0.05, 0.1) is 0 Å². The summed E-state index contributed by atoms with van der Waals surface area (Å²) in [6, 6.07) is 10.6. The van der Waals surface area contributed by atoms with Crippen LogP contribution < -0.4 is 10.1 Å². The van der Waals surface area contributed by atoms with Crippen molar-refractivity contribution in [1.29, 1.82) is 0 Å². The van der Waals surface area contributed by atoms with Crippen molar-refractivity contribution >= 4 is 10.9 Å². The second-order valence-corrected chi connectivity index (χ2v) is 6.79. The van der Waals surface area contributed by atoms with Crippen LogP contribution in [-0.2, 0) is 6.42 Å². The monoisotopic (exact) mass is 335 g/mol. The molecule has 2 N–H and O–H groups in total. The van der Waals surface area contributed by atoms with Crippen LogP contribution in [0.25, 0.3) is 22.2 Å². The lowest BCUT2D eigenvalue weighted by atomic mass is 10.0. The fourth-order valence-corrected chi connectivity index (χ4v) is 3.72. The van der Waals surface area contributed by atoms with Crippen LogP contribution in [0.2, 0.25) is 0 Å². The summed E-state index contributed by atoms with van der Waals surface area (Å²) in [4.78, 5) is 7.91. The molecule has 0 radical (unpaired) electrons. The molecule has 4 heteroatoms. The summed E-state index contributed by atoms with van der Waals surface area (Å²) in [6.07, 6.45) is 5.33. The van der Waals surface area contributed by atoms with Gasteiger partial charge >= 0.3 is 0 Å². The number of H-pyrrole nitrogens is 1. The van der Waals surface area contributed by atoms with Crippen molar-refractivity contribution < 1.29 is 4.74 Å². The van der Waals surface area contributed by atoms with Gasteiger partial charge in [0, 0.05) is 34.1 Å². The molecule has 0 amide bonds. The molecule has 1 aliphatic heterocycles. The summed E-state index contributed by atoms with van der Waals surface area (Å²) in [7, 11) is 0. The van der Waals surface area contributed by atoms with Gasteiger partial charge in [-0.1, -0.05) is 6.92 Å². The van der Waals surface area contributed by atoms with E-state index in [0.717, 1.165) is 43.8 Å². The Bertz CT molecular complexity index is 878. The minimum atomic E-state index is 0.324. The van der Waals surface area contributed by atoms with Crippen molar-refractivity contribution in [2.75, 3.05) is 13.1 Å². The molecular weight excluding hydrogens is 310 g/mol. The van der Waals surface area contributed by atoms with Gasteiger partial charge in [-0.3, -0.25) is 4.98 Å². The SMILES string of the molecule is CCc1c(-c2ccnc(C)c2)[nH]c2ccc(OC3CCNCC3)cc12. The number of fused-ring (bicyclic) bond motifs is 1.